The first kappa shape index (κ1) is 8.12. The molecule has 11 heavy (non-hydrogen) atoms. The van der Waals surface area contributed by atoms with Crippen LogP contribution < -0.4 is 0 Å². The quantitative estimate of drug-likeness (QED) is 0.583. The molecule has 1 rings (SSSR count). The number of nitrogens with zero attached hydrogens (tertiary/aromatic N) is 1. The summed E-state index contributed by atoms with van der Waals surface area (Å²) in [6, 6.07) is 0. The van der Waals surface area contributed by atoms with Crippen molar-refractivity contribution in [1.29, 1.82) is 0 Å². The van der Waals surface area contributed by atoms with E-state index in [2.05, 4.69) is 43.7 Å². The number of rotatable bonds is 2. The van der Waals surface area contributed by atoms with Crippen LogP contribution in [0.3, 0.4) is 0 Å². The first-order valence-electron chi connectivity index (χ1n) is 4.06. The average Bonchev–Trinajstić information content (AvgIpc) is 1.98. The lowest BCUT2D eigenvalue weighted by molar-refractivity contribution is 0.470. The zero-order chi connectivity index (χ0) is 8.27. The van der Waals surface area contributed by atoms with Crippen LogP contribution in [-0.4, -0.2) is 11.4 Å². The van der Waals surface area contributed by atoms with Gasteiger partial charge in [0.15, 0.2) is 0 Å². The molecule has 0 fully saturated rings. The van der Waals surface area contributed by atoms with Crippen LogP contribution in [0.5, 0.6) is 0 Å². The summed E-state index contributed by atoms with van der Waals surface area (Å²) in [6.45, 7) is 9.29. The van der Waals surface area contributed by atoms with Crippen molar-refractivity contribution in [2.75, 3.05) is 6.54 Å². The SMILES string of the molecule is C=C1C=CC(C)=CN1CCC. The number of allylic oxidation sites excluding steroid dienone is 3. The fourth-order valence-corrected chi connectivity index (χ4v) is 1.14. The van der Waals surface area contributed by atoms with Gasteiger partial charge in [-0.2, -0.15) is 0 Å². The normalized spacial score (nSPS) is 17.1. The summed E-state index contributed by atoms with van der Waals surface area (Å²) in [5.74, 6) is 0. The first-order valence-corrected chi connectivity index (χ1v) is 4.06. The zero-order valence-corrected chi connectivity index (χ0v) is 7.30. The van der Waals surface area contributed by atoms with Gasteiger partial charge >= 0.3 is 0 Å². The Kier molecular flexibility index (Phi) is 2.53. The highest BCUT2D eigenvalue weighted by atomic mass is 15.1. The van der Waals surface area contributed by atoms with Crippen LogP contribution in [0.25, 0.3) is 0 Å². The molecule has 0 aromatic carbocycles. The van der Waals surface area contributed by atoms with Crippen molar-refractivity contribution in [1.82, 2.24) is 4.90 Å². The molecule has 0 amide bonds. The topological polar surface area (TPSA) is 3.24 Å². The highest BCUT2D eigenvalue weighted by Crippen LogP contribution is 2.14. The van der Waals surface area contributed by atoms with Crippen LogP contribution >= 0.6 is 0 Å². The molecule has 0 aromatic heterocycles. The van der Waals surface area contributed by atoms with Crippen molar-refractivity contribution in [2.45, 2.75) is 20.3 Å². The van der Waals surface area contributed by atoms with Gasteiger partial charge in [0, 0.05) is 18.4 Å². The summed E-state index contributed by atoms with van der Waals surface area (Å²) in [6.07, 6.45) is 7.46. The molecular formula is C10H15N. The predicted molar refractivity (Wildman–Crippen MR) is 49.0 cm³/mol. The van der Waals surface area contributed by atoms with Gasteiger partial charge in [-0.1, -0.05) is 19.6 Å². The van der Waals surface area contributed by atoms with Gasteiger partial charge in [0.25, 0.3) is 0 Å². The van der Waals surface area contributed by atoms with E-state index in [4.69, 9.17) is 0 Å². The highest BCUT2D eigenvalue weighted by molar-refractivity contribution is 5.30. The summed E-state index contributed by atoms with van der Waals surface area (Å²) < 4.78 is 0. The minimum atomic E-state index is 1.07. The van der Waals surface area contributed by atoms with Crippen LogP contribution in [0.1, 0.15) is 20.3 Å². The maximum absolute atomic E-state index is 3.94. The molecule has 0 saturated carbocycles. The highest BCUT2D eigenvalue weighted by Gasteiger charge is 2.04. The minimum Gasteiger partial charge on any atom is -0.348 e. The van der Waals surface area contributed by atoms with E-state index in [9.17, 15) is 0 Å². The summed E-state index contributed by atoms with van der Waals surface area (Å²) in [4.78, 5) is 2.19. The van der Waals surface area contributed by atoms with Gasteiger partial charge in [-0.3, -0.25) is 0 Å². The summed E-state index contributed by atoms with van der Waals surface area (Å²) >= 11 is 0. The Morgan fingerprint density at radius 1 is 1.45 bits per heavy atom. The van der Waals surface area contributed by atoms with Crippen molar-refractivity contribution in [3.8, 4) is 0 Å². The second kappa shape index (κ2) is 3.42. The molecule has 1 heteroatoms. The molecule has 1 aliphatic rings. The maximum Gasteiger partial charge on any atom is 0.0333 e. The van der Waals surface area contributed by atoms with E-state index in [1.165, 1.54) is 5.57 Å². The molecule has 0 bridgehead atoms. The van der Waals surface area contributed by atoms with E-state index >= 15 is 0 Å². The molecule has 0 spiro atoms. The Morgan fingerprint density at radius 3 is 2.82 bits per heavy atom. The summed E-state index contributed by atoms with van der Waals surface area (Å²) in [5, 5.41) is 0. The van der Waals surface area contributed by atoms with Crippen LogP contribution in [0, 0.1) is 0 Å². The fourth-order valence-electron chi connectivity index (χ4n) is 1.14. The molecule has 60 valence electrons. The third-order valence-corrected chi connectivity index (χ3v) is 1.73. The fraction of sp³-hybridized carbons (Fsp3) is 0.400. The molecule has 0 saturated heterocycles. The summed E-state index contributed by atoms with van der Waals surface area (Å²) in [5.41, 5.74) is 2.39. The molecule has 0 radical (unpaired) electrons. The van der Waals surface area contributed by atoms with Gasteiger partial charge in [-0.15, -0.1) is 0 Å². The second-order valence-electron chi connectivity index (χ2n) is 2.89. The van der Waals surface area contributed by atoms with E-state index in [1.807, 2.05) is 0 Å². The average molecular weight is 149 g/mol. The van der Waals surface area contributed by atoms with Crippen LogP contribution in [-0.2, 0) is 0 Å². The Balaban J connectivity index is 2.65. The standard InChI is InChI=1S/C10H15N/c1-4-7-11-8-9(2)5-6-10(11)3/h5-6,8H,3-4,7H2,1-2H3. The lowest BCUT2D eigenvalue weighted by Gasteiger charge is -2.23. The van der Waals surface area contributed by atoms with Gasteiger partial charge < -0.3 is 4.90 Å². The Bertz CT molecular complexity index is 211. The Hall–Kier alpha value is -0.980. The lowest BCUT2D eigenvalue weighted by atomic mass is 10.2. The third kappa shape index (κ3) is 1.97. The predicted octanol–water partition coefficient (Wildman–Crippen LogP) is 2.69. The van der Waals surface area contributed by atoms with Gasteiger partial charge in [0.2, 0.25) is 0 Å². The van der Waals surface area contributed by atoms with Crippen LogP contribution in [0.2, 0.25) is 0 Å². The van der Waals surface area contributed by atoms with Gasteiger partial charge in [0.05, 0.1) is 0 Å². The van der Waals surface area contributed by atoms with Crippen molar-refractivity contribution in [2.24, 2.45) is 0 Å². The monoisotopic (exact) mass is 149 g/mol. The van der Waals surface area contributed by atoms with Crippen molar-refractivity contribution >= 4 is 0 Å². The van der Waals surface area contributed by atoms with E-state index < -0.39 is 0 Å². The van der Waals surface area contributed by atoms with Gasteiger partial charge in [-0.05, 0) is 25.0 Å². The van der Waals surface area contributed by atoms with Crippen molar-refractivity contribution in [3.63, 3.8) is 0 Å². The Morgan fingerprint density at radius 2 is 2.18 bits per heavy atom. The third-order valence-electron chi connectivity index (χ3n) is 1.73. The van der Waals surface area contributed by atoms with Gasteiger partial charge in [0.1, 0.15) is 0 Å². The maximum atomic E-state index is 3.94. The molecule has 1 heterocycles. The number of hydrogen-bond acceptors (Lipinski definition) is 1. The van der Waals surface area contributed by atoms with E-state index in [0.29, 0.717) is 0 Å². The van der Waals surface area contributed by atoms with Crippen LogP contribution in [0.4, 0.5) is 0 Å². The molecule has 0 atom stereocenters. The molecular weight excluding hydrogens is 134 g/mol. The molecule has 0 N–H and O–H groups in total. The van der Waals surface area contributed by atoms with E-state index in [-0.39, 0.29) is 0 Å². The largest absolute Gasteiger partial charge is 0.348 e. The minimum absolute atomic E-state index is 1.07. The van der Waals surface area contributed by atoms with Crippen molar-refractivity contribution in [3.05, 3.63) is 36.2 Å². The smallest absolute Gasteiger partial charge is 0.0333 e. The second-order valence-corrected chi connectivity index (χ2v) is 2.89. The molecule has 0 aromatic rings. The molecule has 0 aliphatic carbocycles. The molecule has 1 aliphatic heterocycles. The molecule has 0 unspecified atom stereocenters. The number of hydrogen-bond donors (Lipinski definition) is 0. The van der Waals surface area contributed by atoms with E-state index in [0.717, 1.165) is 18.7 Å². The van der Waals surface area contributed by atoms with Crippen LogP contribution in [0.15, 0.2) is 36.2 Å². The first-order chi connectivity index (χ1) is 5.24. The van der Waals surface area contributed by atoms with Gasteiger partial charge in [-0.25, -0.2) is 0 Å². The molecule has 1 nitrogen and oxygen atoms in total. The lowest BCUT2D eigenvalue weighted by Crippen LogP contribution is -2.17. The Labute approximate surface area is 68.7 Å². The summed E-state index contributed by atoms with van der Waals surface area (Å²) in [7, 11) is 0. The van der Waals surface area contributed by atoms with Crippen molar-refractivity contribution < 1.29 is 0 Å². The van der Waals surface area contributed by atoms with E-state index in [1.54, 1.807) is 0 Å². The zero-order valence-electron chi connectivity index (χ0n) is 7.30.